The first-order valence-electron chi connectivity index (χ1n) is 9.09. The Morgan fingerprint density at radius 3 is 2.50 bits per heavy atom. The molecule has 0 bridgehead atoms. The van der Waals surface area contributed by atoms with Crippen LogP contribution in [0.2, 0.25) is 0 Å². The van der Waals surface area contributed by atoms with Crippen LogP contribution >= 0.6 is 11.8 Å². The molecule has 7 nitrogen and oxygen atoms in total. The smallest absolute Gasteiger partial charge is 0.255 e. The lowest BCUT2D eigenvalue weighted by atomic mass is 10.2. The van der Waals surface area contributed by atoms with E-state index in [9.17, 15) is 13.2 Å². The highest BCUT2D eigenvalue weighted by Crippen LogP contribution is 2.29. The van der Waals surface area contributed by atoms with Gasteiger partial charge in [-0.05, 0) is 55.5 Å². The van der Waals surface area contributed by atoms with Crippen LogP contribution in [0.4, 0.5) is 11.4 Å². The summed E-state index contributed by atoms with van der Waals surface area (Å²) < 4.78 is 31.3. The normalized spacial score (nSPS) is 11.0. The predicted molar refractivity (Wildman–Crippen MR) is 119 cm³/mol. The minimum absolute atomic E-state index is 0.0523. The number of hydrogen-bond donors (Lipinski definition) is 2. The number of rotatable bonds is 8. The highest BCUT2D eigenvalue weighted by atomic mass is 32.2. The summed E-state index contributed by atoms with van der Waals surface area (Å²) >= 11 is 1.51. The molecule has 0 radical (unpaired) electrons. The quantitative estimate of drug-likeness (QED) is 0.540. The fourth-order valence-corrected chi connectivity index (χ4v) is 3.92. The minimum Gasteiger partial charge on any atom is -0.494 e. The molecule has 1 amide bonds. The van der Waals surface area contributed by atoms with Gasteiger partial charge in [-0.25, -0.2) is 13.4 Å². The fraction of sp³-hybridized carbons (Fsp3) is 0.143. The number of carbonyl (C=O) groups excluding carboxylic acids is 1. The molecule has 3 aromatic rings. The molecular formula is C21H21N3O4S2. The van der Waals surface area contributed by atoms with E-state index >= 15 is 0 Å². The van der Waals surface area contributed by atoms with Crippen LogP contribution in [-0.2, 0) is 10.0 Å². The maximum absolute atomic E-state index is 12.6. The van der Waals surface area contributed by atoms with Crippen LogP contribution < -0.4 is 14.8 Å². The average molecular weight is 444 g/mol. The van der Waals surface area contributed by atoms with Crippen LogP contribution in [0.3, 0.4) is 0 Å². The van der Waals surface area contributed by atoms with Gasteiger partial charge in [-0.3, -0.25) is 9.52 Å². The largest absolute Gasteiger partial charge is 0.494 e. The van der Waals surface area contributed by atoms with E-state index in [1.54, 1.807) is 43.5 Å². The lowest BCUT2D eigenvalue weighted by molar-refractivity contribution is 0.102. The van der Waals surface area contributed by atoms with Crippen LogP contribution in [0.1, 0.15) is 17.3 Å². The molecule has 0 fully saturated rings. The molecule has 1 heterocycles. The fourth-order valence-electron chi connectivity index (χ4n) is 2.50. The molecule has 0 atom stereocenters. The number of nitrogens with zero attached hydrogens (tertiary/aromatic N) is 1. The highest BCUT2D eigenvalue weighted by Gasteiger charge is 2.13. The first-order chi connectivity index (χ1) is 14.4. The number of aromatic nitrogens is 1. The van der Waals surface area contributed by atoms with Crippen LogP contribution in [0, 0.1) is 0 Å². The molecule has 0 unspecified atom stereocenters. The Bertz CT molecular complexity index is 1120. The van der Waals surface area contributed by atoms with Crippen molar-refractivity contribution < 1.29 is 17.9 Å². The van der Waals surface area contributed by atoms with Gasteiger partial charge in [0.15, 0.2) is 0 Å². The van der Waals surface area contributed by atoms with E-state index in [0.717, 1.165) is 9.92 Å². The summed E-state index contributed by atoms with van der Waals surface area (Å²) in [7, 11) is -2.00. The summed E-state index contributed by atoms with van der Waals surface area (Å²) in [5.41, 5.74) is 1.30. The molecule has 0 saturated heterocycles. The third-order valence-electron chi connectivity index (χ3n) is 4.08. The summed E-state index contributed by atoms with van der Waals surface area (Å²) in [6.45, 7) is 1.55. The van der Waals surface area contributed by atoms with E-state index in [4.69, 9.17) is 4.74 Å². The van der Waals surface area contributed by atoms with E-state index in [2.05, 4.69) is 15.0 Å². The molecular weight excluding hydrogens is 422 g/mol. The van der Waals surface area contributed by atoms with Gasteiger partial charge in [0.25, 0.3) is 5.91 Å². The third-order valence-corrected chi connectivity index (χ3v) is 6.33. The standard InChI is InChI=1S/C21H21N3O4S2/c1-3-30(26,27)24-18-12-9-16(14-19(18)28-2)23-21(25)15-7-10-17(11-8-15)29-20-6-4-5-13-22-20/h4-14,24H,3H2,1-2H3,(H,23,25). The van der Waals surface area contributed by atoms with E-state index in [0.29, 0.717) is 22.7 Å². The maximum atomic E-state index is 12.6. The van der Waals surface area contributed by atoms with Crippen LogP contribution in [-0.4, -0.2) is 32.2 Å². The van der Waals surface area contributed by atoms with Crippen molar-refractivity contribution in [3.05, 3.63) is 72.4 Å². The summed E-state index contributed by atoms with van der Waals surface area (Å²) in [6.07, 6.45) is 1.73. The predicted octanol–water partition coefficient (Wildman–Crippen LogP) is 4.26. The van der Waals surface area contributed by atoms with Gasteiger partial charge in [0.1, 0.15) is 10.8 Å². The highest BCUT2D eigenvalue weighted by molar-refractivity contribution is 7.99. The van der Waals surface area contributed by atoms with Gasteiger partial charge in [-0.15, -0.1) is 0 Å². The molecule has 0 saturated carbocycles. The average Bonchev–Trinajstić information content (AvgIpc) is 2.76. The molecule has 30 heavy (non-hydrogen) atoms. The Morgan fingerprint density at radius 1 is 1.10 bits per heavy atom. The molecule has 0 aliphatic carbocycles. The SMILES string of the molecule is CCS(=O)(=O)Nc1ccc(NC(=O)c2ccc(Sc3ccccn3)cc2)cc1OC. The molecule has 2 aromatic carbocycles. The van der Waals surface area contributed by atoms with Crippen LogP contribution in [0.15, 0.2) is 76.8 Å². The summed E-state index contributed by atoms with van der Waals surface area (Å²) in [6, 6.07) is 17.6. The topological polar surface area (TPSA) is 97.4 Å². The van der Waals surface area contributed by atoms with Crippen molar-refractivity contribution >= 4 is 39.1 Å². The lowest BCUT2D eigenvalue weighted by Gasteiger charge is -2.13. The molecule has 1 aromatic heterocycles. The Morgan fingerprint density at radius 2 is 1.87 bits per heavy atom. The van der Waals surface area contributed by atoms with Gasteiger partial charge in [0.2, 0.25) is 10.0 Å². The number of nitrogens with one attached hydrogen (secondary N) is 2. The maximum Gasteiger partial charge on any atom is 0.255 e. The molecule has 156 valence electrons. The second-order valence-electron chi connectivity index (χ2n) is 6.17. The number of hydrogen-bond acceptors (Lipinski definition) is 6. The number of benzene rings is 2. The zero-order valence-corrected chi connectivity index (χ0v) is 18.1. The van der Waals surface area contributed by atoms with Crippen molar-refractivity contribution in [1.82, 2.24) is 4.98 Å². The molecule has 3 rings (SSSR count). The molecule has 0 aliphatic heterocycles. The second kappa shape index (κ2) is 9.64. The monoisotopic (exact) mass is 443 g/mol. The number of anilines is 2. The van der Waals surface area contributed by atoms with E-state index in [1.807, 2.05) is 30.3 Å². The molecule has 0 aliphatic rings. The van der Waals surface area contributed by atoms with Gasteiger partial charge >= 0.3 is 0 Å². The van der Waals surface area contributed by atoms with Gasteiger partial charge in [-0.1, -0.05) is 17.8 Å². The molecule has 0 spiro atoms. The lowest BCUT2D eigenvalue weighted by Crippen LogP contribution is -2.16. The molecule has 9 heteroatoms. The van der Waals surface area contributed by atoms with Gasteiger partial charge in [0, 0.05) is 28.4 Å². The molecule has 2 N–H and O–H groups in total. The summed E-state index contributed by atoms with van der Waals surface area (Å²) in [5, 5.41) is 3.67. The summed E-state index contributed by atoms with van der Waals surface area (Å²) in [4.78, 5) is 17.8. The number of sulfonamides is 1. The van der Waals surface area contributed by atoms with Crippen LogP contribution in [0.25, 0.3) is 0 Å². The van der Waals surface area contributed by atoms with Crippen molar-refractivity contribution in [2.24, 2.45) is 0 Å². The number of methoxy groups -OCH3 is 1. The van der Waals surface area contributed by atoms with Crippen molar-refractivity contribution in [1.29, 1.82) is 0 Å². The van der Waals surface area contributed by atoms with E-state index in [1.165, 1.54) is 18.9 Å². The number of ether oxygens (including phenoxy) is 1. The second-order valence-corrected chi connectivity index (χ2v) is 9.27. The van der Waals surface area contributed by atoms with E-state index < -0.39 is 10.0 Å². The van der Waals surface area contributed by atoms with Gasteiger partial charge in [0.05, 0.1) is 18.6 Å². The first kappa shape index (κ1) is 21.7. The Hall–Kier alpha value is -3.04. The third kappa shape index (κ3) is 5.74. The zero-order valence-electron chi connectivity index (χ0n) is 16.5. The summed E-state index contributed by atoms with van der Waals surface area (Å²) in [5.74, 6) is -0.0243. The first-order valence-corrected chi connectivity index (χ1v) is 11.6. The Labute approximate surface area is 179 Å². The Balaban J connectivity index is 1.69. The Kier molecular flexibility index (Phi) is 6.96. The van der Waals surface area contributed by atoms with E-state index in [-0.39, 0.29) is 11.7 Å². The van der Waals surface area contributed by atoms with Crippen LogP contribution in [0.5, 0.6) is 5.75 Å². The number of amides is 1. The van der Waals surface area contributed by atoms with Crippen molar-refractivity contribution in [2.75, 3.05) is 22.9 Å². The van der Waals surface area contributed by atoms with Crippen molar-refractivity contribution in [2.45, 2.75) is 16.8 Å². The van der Waals surface area contributed by atoms with Gasteiger partial charge < -0.3 is 10.1 Å². The van der Waals surface area contributed by atoms with Crippen molar-refractivity contribution in [3.8, 4) is 5.75 Å². The zero-order chi connectivity index (χ0) is 21.6. The van der Waals surface area contributed by atoms with Crippen molar-refractivity contribution in [3.63, 3.8) is 0 Å². The van der Waals surface area contributed by atoms with Gasteiger partial charge in [-0.2, -0.15) is 0 Å². The number of pyridine rings is 1. The number of carbonyl (C=O) groups is 1. The minimum atomic E-state index is -3.43.